The molecule has 1 aromatic carbocycles. The molecule has 88 valence electrons. The van der Waals surface area contributed by atoms with E-state index in [-0.39, 0.29) is 5.78 Å². The number of ketones is 1. The van der Waals surface area contributed by atoms with Crippen LogP contribution < -0.4 is 9.64 Å². The Balaban J connectivity index is 3.05. The summed E-state index contributed by atoms with van der Waals surface area (Å²) < 4.78 is 5.04. The zero-order chi connectivity index (χ0) is 12.3. The van der Waals surface area contributed by atoms with Gasteiger partial charge in [0.15, 0.2) is 0 Å². The summed E-state index contributed by atoms with van der Waals surface area (Å²) in [4.78, 5) is 12.8. The van der Waals surface area contributed by atoms with Gasteiger partial charge in [0.25, 0.3) is 0 Å². The number of nitrogens with zero attached hydrogens (tertiary/aromatic N) is 1. The van der Waals surface area contributed by atoms with Crippen molar-refractivity contribution in [1.29, 1.82) is 0 Å². The maximum absolute atomic E-state index is 11.0. The number of benzene rings is 1. The molecule has 0 aliphatic rings. The van der Waals surface area contributed by atoms with E-state index in [1.807, 2.05) is 0 Å². The molecule has 0 N–H and O–H groups in total. The van der Waals surface area contributed by atoms with E-state index < -0.39 is 0 Å². The van der Waals surface area contributed by atoms with Gasteiger partial charge in [-0.2, -0.15) is 0 Å². The lowest BCUT2D eigenvalue weighted by molar-refractivity contribution is -0.115. The maximum atomic E-state index is 11.0. The average molecular weight is 262 g/mol. The first-order chi connectivity index (χ1) is 7.45. The first-order valence-electron chi connectivity index (χ1n) is 4.69. The van der Waals surface area contributed by atoms with Gasteiger partial charge in [-0.1, -0.05) is 23.2 Å². The van der Waals surface area contributed by atoms with Gasteiger partial charge in [0.05, 0.1) is 29.4 Å². The Morgan fingerprint density at radius 3 is 2.50 bits per heavy atom. The van der Waals surface area contributed by atoms with Crippen LogP contribution in [0.25, 0.3) is 0 Å². The van der Waals surface area contributed by atoms with Gasteiger partial charge in [0.2, 0.25) is 0 Å². The summed E-state index contributed by atoms with van der Waals surface area (Å²) in [6.45, 7) is 1.82. The highest BCUT2D eigenvalue weighted by Crippen LogP contribution is 2.35. The molecule has 0 aromatic heterocycles. The Kier molecular flexibility index (Phi) is 4.44. The molecule has 1 rings (SSSR count). The third kappa shape index (κ3) is 3.03. The van der Waals surface area contributed by atoms with Crippen LogP contribution in [0.1, 0.15) is 6.92 Å². The van der Waals surface area contributed by atoms with Crippen molar-refractivity contribution in [3.8, 4) is 5.75 Å². The molecule has 0 spiro atoms. The maximum Gasteiger partial charge on any atom is 0.149 e. The van der Waals surface area contributed by atoms with Gasteiger partial charge in [-0.3, -0.25) is 4.79 Å². The summed E-state index contributed by atoms with van der Waals surface area (Å²) in [5.41, 5.74) is 0.711. The molecule has 16 heavy (non-hydrogen) atoms. The SMILES string of the molecule is COc1cc(Cl)c(N(C)CC(C)=O)cc1Cl. The van der Waals surface area contributed by atoms with Crippen molar-refractivity contribution >= 4 is 34.7 Å². The summed E-state index contributed by atoms with van der Waals surface area (Å²) >= 11 is 12.1. The Morgan fingerprint density at radius 2 is 2.00 bits per heavy atom. The minimum atomic E-state index is 0.0607. The van der Waals surface area contributed by atoms with Gasteiger partial charge < -0.3 is 9.64 Å². The zero-order valence-corrected chi connectivity index (χ0v) is 10.9. The monoisotopic (exact) mass is 261 g/mol. The minimum Gasteiger partial charge on any atom is -0.495 e. The van der Waals surface area contributed by atoms with Crippen LogP contribution in [0.15, 0.2) is 12.1 Å². The lowest BCUT2D eigenvalue weighted by atomic mass is 10.2. The predicted octanol–water partition coefficient (Wildman–Crippen LogP) is 3.03. The Hall–Kier alpha value is -0.930. The summed E-state index contributed by atoms with van der Waals surface area (Å²) in [6.07, 6.45) is 0. The van der Waals surface area contributed by atoms with Crippen molar-refractivity contribution in [1.82, 2.24) is 0 Å². The molecule has 0 radical (unpaired) electrons. The van der Waals surface area contributed by atoms with Gasteiger partial charge >= 0.3 is 0 Å². The molecule has 0 amide bonds. The van der Waals surface area contributed by atoms with E-state index in [0.717, 1.165) is 0 Å². The van der Waals surface area contributed by atoms with E-state index in [0.29, 0.717) is 28.0 Å². The van der Waals surface area contributed by atoms with Gasteiger partial charge in [0.1, 0.15) is 11.5 Å². The molecule has 0 unspecified atom stereocenters. The number of hydrogen-bond donors (Lipinski definition) is 0. The number of halogens is 2. The molecule has 1 aromatic rings. The fourth-order valence-electron chi connectivity index (χ4n) is 1.39. The molecule has 0 saturated heterocycles. The fourth-order valence-corrected chi connectivity index (χ4v) is 1.92. The highest BCUT2D eigenvalue weighted by Gasteiger charge is 2.12. The Labute approximate surface area is 105 Å². The van der Waals surface area contributed by atoms with Crippen molar-refractivity contribution < 1.29 is 9.53 Å². The largest absolute Gasteiger partial charge is 0.495 e. The highest BCUT2D eigenvalue weighted by atomic mass is 35.5. The van der Waals surface area contributed by atoms with Crippen LogP contribution in [-0.4, -0.2) is 26.5 Å². The third-order valence-corrected chi connectivity index (χ3v) is 2.69. The van der Waals surface area contributed by atoms with Crippen LogP contribution in [0.2, 0.25) is 10.0 Å². The normalized spacial score (nSPS) is 10.1. The molecule has 0 atom stereocenters. The highest BCUT2D eigenvalue weighted by molar-refractivity contribution is 6.36. The number of carbonyl (C=O) groups is 1. The number of likely N-dealkylation sites (N-methyl/N-ethyl adjacent to an activating group) is 1. The number of rotatable bonds is 4. The van der Waals surface area contributed by atoms with Gasteiger partial charge in [-0.05, 0) is 13.0 Å². The fraction of sp³-hybridized carbons (Fsp3) is 0.364. The molecule has 0 saturated carbocycles. The Morgan fingerprint density at radius 1 is 1.38 bits per heavy atom. The van der Waals surface area contributed by atoms with Crippen LogP contribution in [0.5, 0.6) is 5.75 Å². The average Bonchev–Trinajstić information content (AvgIpc) is 2.19. The first-order valence-corrected chi connectivity index (χ1v) is 5.45. The number of anilines is 1. The second kappa shape index (κ2) is 5.41. The molecule has 3 nitrogen and oxygen atoms in total. The van der Waals surface area contributed by atoms with Crippen LogP contribution in [0.4, 0.5) is 5.69 Å². The van der Waals surface area contributed by atoms with E-state index in [9.17, 15) is 4.79 Å². The lowest BCUT2D eigenvalue weighted by Crippen LogP contribution is -2.24. The molecule has 0 bridgehead atoms. The number of carbonyl (C=O) groups excluding carboxylic acids is 1. The predicted molar refractivity (Wildman–Crippen MR) is 67.0 cm³/mol. The van der Waals surface area contributed by atoms with Crippen LogP contribution in [0.3, 0.4) is 0 Å². The molecule has 0 aliphatic heterocycles. The van der Waals surface area contributed by atoms with E-state index in [2.05, 4.69) is 0 Å². The quantitative estimate of drug-likeness (QED) is 0.835. The molecular formula is C11H13Cl2NO2. The summed E-state index contributed by atoms with van der Waals surface area (Å²) in [5.74, 6) is 0.581. The molecule has 0 aliphatic carbocycles. The first kappa shape index (κ1) is 13.1. The second-order valence-corrected chi connectivity index (χ2v) is 4.31. The van der Waals surface area contributed by atoms with E-state index in [1.54, 1.807) is 24.1 Å². The van der Waals surface area contributed by atoms with Gasteiger partial charge in [-0.25, -0.2) is 0 Å². The smallest absolute Gasteiger partial charge is 0.149 e. The summed E-state index contributed by atoms with van der Waals surface area (Å²) in [7, 11) is 3.31. The van der Waals surface area contributed by atoms with Crippen molar-refractivity contribution in [3.05, 3.63) is 22.2 Å². The van der Waals surface area contributed by atoms with Crippen molar-refractivity contribution in [2.45, 2.75) is 6.92 Å². The van der Waals surface area contributed by atoms with Gasteiger partial charge in [-0.15, -0.1) is 0 Å². The summed E-state index contributed by atoms with van der Waals surface area (Å²) in [6, 6.07) is 3.32. The van der Waals surface area contributed by atoms with E-state index >= 15 is 0 Å². The molecule has 0 heterocycles. The third-order valence-electron chi connectivity index (χ3n) is 2.09. The lowest BCUT2D eigenvalue weighted by Gasteiger charge is -2.20. The van der Waals surface area contributed by atoms with Crippen LogP contribution in [0, 0.1) is 0 Å². The zero-order valence-electron chi connectivity index (χ0n) is 9.38. The second-order valence-electron chi connectivity index (χ2n) is 3.50. The van der Waals surface area contributed by atoms with Gasteiger partial charge in [0, 0.05) is 13.1 Å². The van der Waals surface area contributed by atoms with Crippen molar-refractivity contribution in [2.24, 2.45) is 0 Å². The van der Waals surface area contributed by atoms with Crippen LogP contribution >= 0.6 is 23.2 Å². The summed E-state index contributed by atoms with van der Waals surface area (Å²) in [5, 5.41) is 0.974. The van der Waals surface area contributed by atoms with E-state index in [1.165, 1.54) is 14.0 Å². The van der Waals surface area contributed by atoms with Crippen molar-refractivity contribution in [2.75, 3.05) is 25.6 Å². The van der Waals surface area contributed by atoms with E-state index in [4.69, 9.17) is 27.9 Å². The minimum absolute atomic E-state index is 0.0607. The topological polar surface area (TPSA) is 29.5 Å². The molecule has 5 heteroatoms. The van der Waals surface area contributed by atoms with Crippen molar-refractivity contribution in [3.63, 3.8) is 0 Å². The number of hydrogen-bond acceptors (Lipinski definition) is 3. The van der Waals surface area contributed by atoms with Crippen LogP contribution in [-0.2, 0) is 4.79 Å². The number of methoxy groups -OCH3 is 1. The number of ether oxygens (including phenoxy) is 1. The number of Topliss-reactive ketones (excluding diaryl/α,β-unsaturated/α-hetero) is 1. The Bertz CT molecular complexity index is 407. The molecule has 0 fully saturated rings. The molecular weight excluding hydrogens is 249 g/mol. The standard InChI is InChI=1S/C11H13Cl2NO2/c1-7(15)6-14(2)10-4-9(13)11(16-3)5-8(10)12/h4-5H,6H2,1-3H3.